The summed E-state index contributed by atoms with van der Waals surface area (Å²) < 4.78 is 0.993. The van der Waals surface area contributed by atoms with E-state index in [1.54, 1.807) is 13.0 Å². The van der Waals surface area contributed by atoms with Crippen LogP contribution in [0, 0.1) is 0 Å². The van der Waals surface area contributed by atoms with Gasteiger partial charge in [0.25, 0.3) is 0 Å². The number of phenolic OH excluding ortho intramolecular Hbond substituents is 1. The summed E-state index contributed by atoms with van der Waals surface area (Å²) >= 11 is 0. The highest BCUT2D eigenvalue weighted by Crippen LogP contribution is 2.22. The third-order valence-corrected chi connectivity index (χ3v) is 3.69. The number of rotatable bonds is 7. The van der Waals surface area contributed by atoms with Crippen molar-refractivity contribution in [3.8, 4) is 5.75 Å². The summed E-state index contributed by atoms with van der Waals surface area (Å²) in [6.07, 6.45) is 2.30. The Bertz CT molecular complexity index is 464. The number of quaternary nitrogens is 1. The van der Waals surface area contributed by atoms with Crippen LogP contribution >= 0.6 is 0 Å². The molecule has 4 heteroatoms. The summed E-state index contributed by atoms with van der Waals surface area (Å²) in [6.45, 7) is 9.29. The molecule has 0 fully saturated rings. The van der Waals surface area contributed by atoms with Crippen molar-refractivity contribution in [3.63, 3.8) is 0 Å². The number of aromatic hydroxyl groups is 1. The molecule has 1 aromatic rings. The standard InChI is InChI=1S/C16H26N2O2/c1-5-9-18(4,10-6-2)12-14-7-8-16(19)15(11-14)13(3)17-20/h7-8,11H,5-6,9-10,12H2,1-4H3,(H-,17,19,20)/p+1. The zero-order valence-electron chi connectivity index (χ0n) is 13.1. The Morgan fingerprint density at radius 3 is 2.30 bits per heavy atom. The minimum Gasteiger partial charge on any atom is -0.507 e. The Morgan fingerprint density at radius 1 is 1.20 bits per heavy atom. The van der Waals surface area contributed by atoms with E-state index in [1.807, 2.05) is 12.1 Å². The van der Waals surface area contributed by atoms with Gasteiger partial charge in [0.15, 0.2) is 0 Å². The van der Waals surface area contributed by atoms with Crippen LogP contribution in [0.15, 0.2) is 23.4 Å². The van der Waals surface area contributed by atoms with Gasteiger partial charge in [-0.25, -0.2) is 0 Å². The molecule has 0 amide bonds. The van der Waals surface area contributed by atoms with E-state index in [1.165, 1.54) is 0 Å². The lowest BCUT2D eigenvalue weighted by atomic mass is 10.0. The largest absolute Gasteiger partial charge is 0.507 e. The van der Waals surface area contributed by atoms with E-state index in [9.17, 15) is 5.11 Å². The van der Waals surface area contributed by atoms with E-state index >= 15 is 0 Å². The summed E-state index contributed by atoms with van der Waals surface area (Å²) in [6, 6.07) is 5.55. The quantitative estimate of drug-likeness (QED) is 0.348. The fourth-order valence-corrected chi connectivity index (χ4v) is 2.82. The fourth-order valence-electron chi connectivity index (χ4n) is 2.82. The maximum atomic E-state index is 9.84. The molecular formula is C16H27N2O2+. The molecular weight excluding hydrogens is 252 g/mol. The molecule has 4 nitrogen and oxygen atoms in total. The normalized spacial score (nSPS) is 12.7. The number of hydrogen-bond donors (Lipinski definition) is 2. The molecule has 112 valence electrons. The minimum absolute atomic E-state index is 0.157. The molecule has 2 N–H and O–H groups in total. The SMILES string of the molecule is CCC[N+](C)(CCC)Cc1ccc(O)c(C(C)=NO)c1. The molecule has 0 atom stereocenters. The molecule has 0 saturated carbocycles. The first-order chi connectivity index (χ1) is 9.45. The van der Waals surface area contributed by atoms with E-state index < -0.39 is 0 Å². The van der Waals surface area contributed by atoms with Gasteiger partial charge in [-0.2, -0.15) is 0 Å². The highest BCUT2D eigenvalue weighted by Gasteiger charge is 2.20. The third kappa shape index (κ3) is 4.23. The van der Waals surface area contributed by atoms with Crippen LogP contribution in [0.25, 0.3) is 0 Å². The second-order valence-corrected chi connectivity index (χ2v) is 5.76. The van der Waals surface area contributed by atoms with Crippen LogP contribution in [-0.2, 0) is 6.54 Å². The predicted molar refractivity (Wildman–Crippen MR) is 82.3 cm³/mol. The van der Waals surface area contributed by atoms with Crippen molar-refractivity contribution >= 4 is 5.71 Å². The van der Waals surface area contributed by atoms with Gasteiger partial charge in [-0.05, 0) is 38.0 Å². The first kappa shape index (κ1) is 16.5. The van der Waals surface area contributed by atoms with E-state index in [0.717, 1.165) is 42.5 Å². The van der Waals surface area contributed by atoms with Crippen molar-refractivity contribution in [2.45, 2.75) is 40.2 Å². The molecule has 0 radical (unpaired) electrons. The van der Waals surface area contributed by atoms with Crippen molar-refractivity contribution in [2.75, 3.05) is 20.1 Å². The van der Waals surface area contributed by atoms with Gasteiger partial charge in [-0.1, -0.05) is 19.0 Å². The molecule has 0 aliphatic rings. The monoisotopic (exact) mass is 279 g/mol. The Morgan fingerprint density at radius 2 is 1.80 bits per heavy atom. The highest BCUT2D eigenvalue weighted by atomic mass is 16.4. The van der Waals surface area contributed by atoms with Gasteiger partial charge in [0, 0.05) is 11.1 Å². The number of nitrogens with zero attached hydrogens (tertiary/aromatic N) is 2. The Kier molecular flexibility index (Phi) is 6.02. The van der Waals surface area contributed by atoms with Crippen LogP contribution in [-0.4, -0.2) is 40.6 Å². The van der Waals surface area contributed by atoms with Crippen LogP contribution in [0.5, 0.6) is 5.75 Å². The molecule has 0 unspecified atom stereocenters. The van der Waals surface area contributed by atoms with Crippen LogP contribution in [0.2, 0.25) is 0 Å². The van der Waals surface area contributed by atoms with Crippen LogP contribution in [0.3, 0.4) is 0 Å². The first-order valence-corrected chi connectivity index (χ1v) is 7.30. The molecule has 0 saturated heterocycles. The summed E-state index contributed by atoms with van der Waals surface area (Å²) in [5.74, 6) is 0.157. The van der Waals surface area contributed by atoms with E-state index in [4.69, 9.17) is 5.21 Å². The lowest BCUT2D eigenvalue weighted by Crippen LogP contribution is -2.44. The molecule has 0 aromatic heterocycles. The zero-order chi connectivity index (χ0) is 15.2. The number of phenols is 1. The molecule has 1 rings (SSSR count). The maximum Gasteiger partial charge on any atom is 0.124 e. The zero-order valence-corrected chi connectivity index (χ0v) is 13.1. The van der Waals surface area contributed by atoms with Gasteiger partial charge >= 0.3 is 0 Å². The molecule has 0 bridgehead atoms. The predicted octanol–water partition coefficient (Wildman–Crippen LogP) is 3.36. The molecule has 20 heavy (non-hydrogen) atoms. The maximum absolute atomic E-state index is 9.84. The van der Waals surface area contributed by atoms with Crippen molar-refractivity contribution < 1.29 is 14.8 Å². The fraction of sp³-hybridized carbons (Fsp3) is 0.562. The van der Waals surface area contributed by atoms with Crippen LogP contribution in [0.4, 0.5) is 0 Å². The Hall–Kier alpha value is -1.55. The molecule has 1 aromatic carbocycles. The van der Waals surface area contributed by atoms with Gasteiger partial charge in [0.05, 0.1) is 25.8 Å². The minimum atomic E-state index is 0.157. The first-order valence-electron chi connectivity index (χ1n) is 7.30. The van der Waals surface area contributed by atoms with Crippen molar-refractivity contribution in [1.29, 1.82) is 0 Å². The smallest absolute Gasteiger partial charge is 0.124 e. The number of oxime groups is 1. The van der Waals surface area contributed by atoms with Gasteiger partial charge < -0.3 is 14.8 Å². The molecule has 0 spiro atoms. The second kappa shape index (κ2) is 7.29. The Labute approximate surface area is 121 Å². The molecule has 0 aliphatic heterocycles. The Balaban J connectivity index is 3.02. The average Bonchev–Trinajstić information content (AvgIpc) is 2.40. The summed E-state index contributed by atoms with van der Waals surface area (Å²) in [4.78, 5) is 0. The van der Waals surface area contributed by atoms with Crippen molar-refractivity contribution in [3.05, 3.63) is 29.3 Å². The topological polar surface area (TPSA) is 52.8 Å². The summed E-state index contributed by atoms with van der Waals surface area (Å²) in [5, 5.41) is 21.9. The number of benzene rings is 1. The molecule has 0 heterocycles. The summed E-state index contributed by atoms with van der Waals surface area (Å²) in [7, 11) is 2.27. The van der Waals surface area contributed by atoms with Gasteiger partial charge in [-0.15, -0.1) is 0 Å². The average molecular weight is 279 g/mol. The van der Waals surface area contributed by atoms with Gasteiger partial charge in [-0.3, -0.25) is 0 Å². The third-order valence-electron chi connectivity index (χ3n) is 3.69. The second-order valence-electron chi connectivity index (χ2n) is 5.76. The lowest BCUT2D eigenvalue weighted by Gasteiger charge is -2.34. The van der Waals surface area contributed by atoms with Gasteiger partial charge in [0.1, 0.15) is 12.3 Å². The van der Waals surface area contributed by atoms with E-state index in [2.05, 4.69) is 26.1 Å². The van der Waals surface area contributed by atoms with E-state index in [0.29, 0.717) is 11.3 Å². The number of hydrogen-bond acceptors (Lipinski definition) is 3. The highest BCUT2D eigenvalue weighted by molar-refractivity contribution is 6.00. The summed E-state index contributed by atoms with van der Waals surface area (Å²) in [5.41, 5.74) is 2.19. The van der Waals surface area contributed by atoms with Crippen molar-refractivity contribution in [1.82, 2.24) is 0 Å². The molecule has 0 aliphatic carbocycles. The van der Waals surface area contributed by atoms with Crippen LogP contribution < -0.4 is 0 Å². The lowest BCUT2D eigenvalue weighted by molar-refractivity contribution is -0.922. The van der Waals surface area contributed by atoms with Crippen molar-refractivity contribution in [2.24, 2.45) is 5.16 Å². The van der Waals surface area contributed by atoms with E-state index in [-0.39, 0.29) is 5.75 Å². The van der Waals surface area contributed by atoms with Crippen LogP contribution in [0.1, 0.15) is 44.7 Å². The van der Waals surface area contributed by atoms with Gasteiger partial charge in [0.2, 0.25) is 0 Å².